The number of carbonyl (C=O) groups excluding carboxylic acids is 1. The number of amides is 1. The Bertz CT molecular complexity index is 1270. The predicted octanol–water partition coefficient (Wildman–Crippen LogP) is 4.57. The number of hydrogen-bond donors (Lipinski definition) is 1. The average Bonchev–Trinajstić information content (AvgIpc) is 3.03. The number of halogens is 1. The number of nitrogens with one attached hydrogen (secondary N) is 1. The van der Waals surface area contributed by atoms with Crippen LogP contribution in [0.3, 0.4) is 0 Å². The van der Waals surface area contributed by atoms with Crippen LogP contribution in [0.1, 0.15) is 24.5 Å². The van der Waals surface area contributed by atoms with Crippen molar-refractivity contribution in [3.63, 3.8) is 0 Å². The highest BCUT2D eigenvalue weighted by Crippen LogP contribution is 2.34. The zero-order chi connectivity index (χ0) is 22.0. The number of fused-ring (bicyclic) bond motifs is 1. The molecule has 1 aliphatic rings. The summed E-state index contributed by atoms with van der Waals surface area (Å²) in [5.74, 6) is 0.198. The largest absolute Gasteiger partial charge is 0.369 e. The molecule has 0 radical (unpaired) electrons. The molecule has 31 heavy (non-hydrogen) atoms. The molecule has 0 spiro atoms. The molecule has 9 heteroatoms. The standard InChI is InChI=1S/C22H19ClN4O2S2/c1-2-10-24-19-15(20(28)26-11-6-5-9-18(26)25-19)12-17-21(29)27(22(30)31-17)13-14-7-3-4-8-16(14)23/h3-9,11-12,24H,2,10,13H2,1H3/b17-12+. The summed E-state index contributed by atoms with van der Waals surface area (Å²) in [5, 5.41) is 3.77. The Labute approximate surface area is 193 Å². The van der Waals surface area contributed by atoms with E-state index < -0.39 is 0 Å². The molecule has 1 fully saturated rings. The Morgan fingerprint density at radius 2 is 1.97 bits per heavy atom. The van der Waals surface area contributed by atoms with E-state index in [0.717, 1.165) is 12.0 Å². The van der Waals surface area contributed by atoms with Crippen LogP contribution < -0.4 is 10.9 Å². The van der Waals surface area contributed by atoms with Gasteiger partial charge in [0.2, 0.25) is 0 Å². The van der Waals surface area contributed by atoms with E-state index in [-0.39, 0.29) is 18.0 Å². The molecular weight excluding hydrogens is 452 g/mol. The van der Waals surface area contributed by atoms with Gasteiger partial charge in [-0.2, -0.15) is 0 Å². The Morgan fingerprint density at radius 1 is 1.19 bits per heavy atom. The molecule has 1 aromatic carbocycles. The van der Waals surface area contributed by atoms with Gasteiger partial charge in [0.25, 0.3) is 11.5 Å². The van der Waals surface area contributed by atoms with E-state index in [9.17, 15) is 9.59 Å². The number of benzene rings is 1. The van der Waals surface area contributed by atoms with Crippen molar-refractivity contribution < 1.29 is 4.79 Å². The fourth-order valence-corrected chi connectivity index (χ4v) is 4.61. The zero-order valence-electron chi connectivity index (χ0n) is 16.7. The molecule has 2 aromatic heterocycles. The number of hydrogen-bond acceptors (Lipinski definition) is 6. The van der Waals surface area contributed by atoms with Crippen molar-refractivity contribution >= 4 is 63.3 Å². The van der Waals surface area contributed by atoms with Crippen LogP contribution in [0.25, 0.3) is 11.7 Å². The highest BCUT2D eigenvalue weighted by Gasteiger charge is 2.33. The van der Waals surface area contributed by atoms with Gasteiger partial charge < -0.3 is 5.32 Å². The topological polar surface area (TPSA) is 66.7 Å². The molecule has 1 amide bonds. The second-order valence-electron chi connectivity index (χ2n) is 6.89. The maximum absolute atomic E-state index is 13.2. The third-order valence-electron chi connectivity index (χ3n) is 4.75. The van der Waals surface area contributed by atoms with E-state index in [1.54, 1.807) is 30.5 Å². The van der Waals surface area contributed by atoms with E-state index in [1.807, 2.05) is 31.2 Å². The molecule has 0 bridgehead atoms. The molecule has 3 heterocycles. The summed E-state index contributed by atoms with van der Waals surface area (Å²) in [6.45, 7) is 2.96. The fourth-order valence-electron chi connectivity index (χ4n) is 3.18. The third kappa shape index (κ3) is 4.37. The average molecular weight is 471 g/mol. The van der Waals surface area contributed by atoms with Gasteiger partial charge in [-0.3, -0.25) is 18.9 Å². The molecule has 1 aliphatic heterocycles. The SMILES string of the molecule is CCCNc1nc2ccccn2c(=O)c1/C=C1/SC(=S)N(Cc2ccccc2Cl)C1=O. The van der Waals surface area contributed by atoms with Gasteiger partial charge in [-0.1, -0.05) is 66.8 Å². The van der Waals surface area contributed by atoms with Gasteiger partial charge in [-0.15, -0.1) is 0 Å². The Morgan fingerprint density at radius 3 is 2.74 bits per heavy atom. The summed E-state index contributed by atoms with van der Waals surface area (Å²) < 4.78 is 1.89. The number of rotatable bonds is 6. The minimum Gasteiger partial charge on any atom is -0.369 e. The number of nitrogens with zero attached hydrogens (tertiary/aromatic N) is 3. The molecule has 0 unspecified atom stereocenters. The normalized spacial score (nSPS) is 15.3. The molecule has 0 saturated carbocycles. The fraction of sp³-hybridized carbons (Fsp3) is 0.182. The smallest absolute Gasteiger partial charge is 0.267 e. The molecule has 6 nitrogen and oxygen atoms in total. The van der Waals surface area contributed by atoms with E-state index in [4.69, 9.17) is 23.8 Å². The van der Waals surface area contributed by atoms with Crippen molar-refractivity contribution in [1.29, 1.82) is 0 Å². The lowest BCUT2D eigenvalue weighted by molar-refractivity contribution is -0.122. The van der Waals surface area contributed by atoms with Gasteiger partial charge >= 0.3 is 0 Å². The first-order chi connectivity index (χ1) is 15.0. The summed E-state index contributed by atoms with van der Waals surface area (Å²) in [5.41, 5.74) is 1.42. The van der Waals surface area contributed by atoms with Crippen LogP contribution in [0.15, 0.2) is 58.4 Å². The summed E-state index contributed by atoms with van der Waals surface area (Å²) >= 11 is 12.9. The number of anilines is 1. The highest BCUT2D eigenvalue weighted by atomic mass is 35.5. The van der Waals surface area contributed by atoms with E-state index >= 15 is 0 Å². The van der Waals surface area contributed by atoms with Crippen molar-refractivity contribution in [3.05, 3.63) is 80.1 Å². The first-order valence-corrected chi connectivity index (χ1v) is 11.3. The van der Waals surface area contributed by atoms with Crippen LogP contribution in [0.5, 0.6) is 0 Å². The van der Waals surface area contributed by atoms with Crippen molar-refractivity contribution in [3.8, 4) is 0 Å². The van der Waals surface area contributed by atoms with Crippen molar-refractivity contribution in [2.75, 3.05) is 11.9 Å². The maximum atomic E-state index is 13.2. The molecule has 1 N–H and O–H groups in total. The second kappa shape index (κ2) is 9.21. The second-order valence-corrected chi connectivity index (χ2v) is 8.98. The van der Waals surface area contributed by atoms with Crippen LogP contribution in [0, 0.1) is 0 Å². The van der Waals surface area contributed by atoms with Gasteiger partial charge in [-0.05, 0) is 36.3 Å². The van der Waals surface area contributed by atoms with E-state index in [0.29, 0.717) is 37.8 Å². The number of aromatic nitrogens is 2. The summed E-state index contributed by atoms with van der Waals surface area (Å²) in [6, 6.07) is 12.7. The monoisotopic (exact) mass is 470 g/mol. The molecule has 3 aromatic rings. The van der Waals surface area contributed by atoms with E-state index in [2.05, 4.69) is 10.3 Å². The first-order valence-electron chi connectivity index (χ1n) is 9.73. The van der Waals surface area contributed by atoms with Crippen molar-refractivity contribution in [1.82, 2.24) is 14.3 Å². The molecule has 1 saturated heterocycles. The number of thioether (sulfide) groups is 1. The molecule has 158 valence electrons. The third-order valence-corrected chi connectivity index (χ3v) is 6.49. The summed E-state index contributed by atoms with van der Waals surface area (Å²) in [4.78, 5) is 32.7. The molecule has 0 aliphatic carbocycles. The van der Waals surface area contributed by atoms with Gasteiger partial charge in [0, 0.05) is 17.8 Å². The van der Waals surface area contributed by atoms with Gasteiger partial charge in [-0.25, -0.2) is 4.98 Å². The summed E-state index contributed by atoms with van der Waals surface area (Å²) in [6.07, 6.45) is 4.11. The molecular formula is C22H19ClN4O2S2. The van der Waals surface area contributed by atoms with Gasteiger partial charge in [0.05, 0.1) is 17.0 Å². The Kier molecular flexibility index (Phi) is 6.41. The van der Waals surface area contributed by atoms with Crippen LogP contribution in [-0.4, -0.2) is 31.1 Å². The lowest BCUT2D eigenvalue weighted by atomic mass is 10.2. The van der Waals surface area contributed by atoms with Crippen LogP contribution in [0.4, 0.5) is 5.82 Å². The number of thiocarbonyl (C=S) groups is 1. The molecule has 4 rings (SSSR count). The van der Waals surface area contributed by atoms with Crippen LogP contribution >= 0.6 is 35.6 Å². The van der Waals surface area contributed by atoms with Crippen LogP contribution in [-0.2, 0) is 11.3 Å². The maximum Gasteiger partial charge on any atom is 0.267 e. The quantitative estimate of drug-likeness (QED) is 0.420. The van der Waals surface area contributed by atoms with Gasteiger partial charge in [0.15, 0.2) is 0 Å². The predicted molar refractivity (Wildman–Crippen MR) is 130 cm³/mol. The lowest BCUT2D eigenvalue weighted by Gasteiger charge is -2.15. The van der Waals surface area contributed by atoms with Crippen LogP contribution in [0.2, 0.25) is 5.02 Å². The minimum atomic E-state index is -0.256. The first kappa shape index (κ1) is 21.5. The Hall–Kier alpha value is -2.68. The Balaban J connectivity index is 1.73. The lowest BCUT2D eigenvalue weighted by Crippen LogP contribution is -2.27. The van der Waals surface area contributed by atoms with Crippen molar-refractivity contribution in [2.45, 2.75) is 19.9 Å². The minimum absolute atomic E-state index is 0.249. The highest BCUT2D eigenvalue weighted by molar-refractivity contribution is 8.26. The number of carbonyl (C=O) groups is 1. The zero-order valence-corrected chi connectivity index (χ0v) is 19.1. The number of pyridine rings is 1. The molecule has 0 atom stereocenters. The summed E-state index contributed by atoms with van der Waals surface area (Å²) in [7, 11) is 0. The van der Waals surface area contributed by atoms with Crippen molar-refractivity contribution in [2.24, 2.45) is 0 Å². The van der Waals surface area contributed by atoms with Gasteiger partial charge in [0.1, 0.15) is 15.8 Å². The van der Waals surface area contributed by atoms with E-state index in [1.165, 1.54) is 21.1 Å².